The molecule has 1 amide bonds. The third-order valence-electron chi connectivity index (χ3n) is 3.84. The number of carbonyl (C=O) groups is 1. The van der Waals surface area contributed by atoms with Crippen molar-refractivity contribution in [3.8, 4) is 0 Å². The minimum Gasteiger partial charge on any atom is -0.326 e. The van der Waals surface area contributed by atoms with E-state index in [1.807, 2.05) is 13.0 Å². The summed E-state index contributed by atoms with van der Waals surface area (Å²) in [5.41, 5.74) is 1.80. The van der Waals surface area contributed by atoms with Crippen LogP contribution in [0.1, 0.15) is 12.0 Å². The Morgan fingerprint density at radius 3 is 2.88 bits per heavy atom. The van der Waals surface area contributed by atoms with Gasteiger partial charge in [0.05, 0.1) is 22.3 Å². The normalized spacial score (nSPS) is 10.8. The van der Waals surface area contributed by atoms with E-state index in [-0.39, 0.29) is 29.5 Å². The van der Waals surface area contributed by atoms with Crippen LogP contribution in [0.5, 0.6) is 0 Å². The van der Waals surface area contributed by atoms with Crippen molar-refractivity contribution in [2.75, 3.05) is 5.32 Å². The van der Waals surface area contributed by atoms with Crippen LogP contribution in [0.2, 0.25) is 5.02 Å². The van der Waals surface area contributed by atoms with Gasteiger partial charge in [0.2, 0.25) is 5.91 Å². The number of aromatic nitrogens is 2. The zero-order valence-electron chi connectivity index (χ0n) is 13.4. The summed E-state index contributed by atoms with van der Waals surface area (Å²) in [6.07, 6.45) is 1.52. The maximum absolute atomic E-state index is 13.1. The monoisotopic (exact) mass is 359 g/mol. The molecule has 0 bridgehead atoms. The average Bonchev–Trinajstić information content (AvgIpc) is 2.58. The van der Waals surface area contributed by atoms with Crippen LogP contribution in [0.25, 0.3) is 10.9 Å². The van der Waals surface area contributed by atoms with Crippen molar-refractivity contribution in [1.29, 1.82) is 0 Å². The maximum Gasteiger partial charge on any atom is 0.261 e. The van der Waals surface area contributed by atoms with Gasteiger partial charge in [0.1, 0.15) is 5.82 Å². The van der Waals surface area contributed by atoms with Crippen molar-refractivity contribution in [2.24, 2.45) is 0 Å². The fraction of sp³-hybridized carbons (Fsp3) is 0.167. The number of anilines is 1. The number of aryl methyl sites for hydroxylation is 2. The molecule has 0 spiro atoms. The van der Waals surface area contributed by atoms with Crippen LogP contribution < -0.4 is 10.9 Å². The highest BCUT2D eigenvalue weighted by Crippen LogP contribution is 2.19. The van der Waals surface area contributed by atoms with Gasteiger partial charge in [0, 0.05) is 18.7 Å². The number of amides is 1. The van der Waals surface area contributed by atoms with Crippen molar-refractivity contribution in [1.82, 2.24) is 9.55 Å². The molecule has 0 aliphatic rings. The van der Waals surface area contributed by atoms with Gasteiger partial charge in [0.15, 0.2) is 0 Å². The zero-order chi connectivity index (χ0) is 18.0. The highest BCUT2D eigenvalue weighted by molar-refractivity contribution is 6.31. The minimum absolute atomic E-state index is 0.0666. The molecule has 0 unspecified atom stereocenters. The van der Waals surface area contributed by atoms with Gasteiger partial charge in [-0.2, -0.15) is 0 Å². The maximum atomic E-state index is 13.1. The van der Waals surface area contributed by atoms with Gasteiger partial charge in [-0.15, -0.1) is 0 Å². The Hall–Kier alpha value is -2.73. The van der Waals surface area contributed by atoms with Gasteiger partial charge in [0.25, 0.3) is 5.56 Å². The molecule has 3 rings (SSSR count). The Morgan fingerprint density at radius 1 is 1.32 bits per heavy atom. The van der Waals surface area contributed by atoms with Crippen LogP contribution >= 0.6 is 11.6 Å². The number of hydrogen-bond acceptors (Lipinski definition) is 3. The van der Waals surface area contributed by atoms with Gasteiger partial charge in [-0.3, -0.25) is 14.2 Å². The number of rotatable bonds is 4. The number of nitrogens with one attached hydrogen (secondary N) is 1. The lowest BCUT2D eigenvalue weighted by Gasteiger charge is -2.09. The Kier molecular flexibility index (Phi) is 4.81. The van der Waals surface area contributed by atoms with Crippen LogP contribution in [-0.4, -0.2) is 15.5 Å². The molecule has 5 nitrogen and oxygen atoms in total. The Bertz CT molecular complexity index is 1020. The van der Waals surface area contributed by atoms with Crippen LogP contribution in [0.15, 0.2) is 47.5 Å². The Balaban J connectivity index is 1.72. The van der Waals surface area contributed by atoms with E-state index in [4.69, 9.17) is 11.6 Å². The molecule has 0 aliphatic heterocycles. The number of benzene rings is 2. The number of carbonyl (C=O) groups excluding carboxylic acids is 1. The Morgan fingerprint density at radius 2 is 2.12 bits per heavy atom. The first-order valence-corrected chi connectivity index (χ1v) is 8.03. The third kappa shape index (κ3) is 3.69. The van der Waals surface area contributed by atoms with Gasteiger partial charge < -0.3 is 5.32 Å². The van der Waals surface area contributed by atoms with Crippen LogP contribution in [0.4, 0.5) is 10.1 Å². The van der Waals surface area contributed by atoms with Gasteiger partial charge in [-0.25, -0.2) is 9.37 Å². The van der Waals surface area contributed by atoms with Gasteiger partial charge >= 0.3 is 0 Å². The predicted octanol–water partition coefficient (Wildman–Crippen LogP) is 3.53. The van der Waals surface area contributed by atoms with E-state index in [1.54, 1.807) is 12.1 Å². The molecule has 0 radical (unpaired) electrons. The molecule has 3 aromatic rings. The zero-order valence-corrected chi connectivity index (χ0v) is 14.2. The summed E-state index contributed by atoms with van der Waals surface area (Å²) in [6.45, 7) is 2.08. The lowest BCUT2D eigenvalue weighted by atomic mass is 10.1. The van der Waals surface area contributed by atoms with Crippen molar-refractivity contribution in [2.45, 2.75) is 19.9 Å². The summed E-state index contributed by atoms with van der Waals surface area (Å²) in [5, 5.41) is 3.08. The number of fused-ring (bicyclic) bond motifs is 1. The molecule has 1 N–H and O–H groups in total. The lowest BCUT2D eigenvalue weighted by Crippen LogP contribution is -2.23. The van der Waals surface area contributed by atoms with Crippen LogP contribution in [0.3, 0.4) is 0 Å². The summed E-state index contributed by atoms with van der Waals surface area (Å²) >= 11 is 5.68. The topological polar surface area (TPSA) is 64.0 Å². The number of halogens is 2. The molecule has 1 heterocycles. The smallest absolute Gasteiger partial charge is 0.261 e. The molecule has 0 saturated carbocycles. The molecular weight excluding hydrogens is 345 g/mol. The lowest BCUT2D eigenvalue weighted by molar-refractivity contribution is -0.116. The van der Waals surface area contributed by atoms with E-state index in [1.165, 1.54) is 29.1 Å². The third-order valence-corrected chi connectivity index (χ3v) is 4.13. The molecule has 1 aromatic heterocycles. The molecule has 25 heavy (non-hydrogen) atoms. The fourth-order valence-electron chi connectivity index (χ4n) is 2.52. The number of para-hydroxylation sites is 1. The largest absolute Gasteiger partial charge is 0.326 e. The first-order valence-electron chi connectivity index (χ1n) is 7.65. The SMILES string of the molecule is Cc1cccc2c(=O)n(CCC(=O)Nc3ccc(F)c(Cl)c3)cnc12. The second-order valence-electron chi connectivity index (χ2n) is 5.64. The van der Waals surface area contributed by atoms with Crippen molar-refractivity contribution in [3.05, 3.63) is 69.5 Å². The van der Waals surface area contributed by atoms with Crippen molar-refractivity contribution >= 4 is 34.1 Å². The highest BCUT2D eigenvalue weighted by Gasteiger charge is 2.09. The van der Waals surface area contributed by atoms with E-state index >= 15 is 0 Å². The molecule has 7 heteroatoms. The van der Waals surface area contributed by atoms with Gasteiger partial charge in [-0.05, 0) is 36.8 Å². The van der Waals surface area contributed by atoms with E-state index in [0.29, 0.717) is 16.6 Å². The fourth-order valence-corrected chi connectivity index (χ4v) is 2.70. The minimum atomic E-state index is -0.552. The molecule has 0 fully saturated rings. The first-order chi connectivity index (χ1) is 12.0. The molecule has 0 atom stereocenters. The highest BCUT2D eigenvalue weighted by atomic mass is 35.5. The number of nitrogens with zero attached hydrogens (tertiary/aromatic N) is 2. The summed E-state index contributed by atoms with van der Waals surface area (Å²) in [6, 6.07) is 9.34. The van der Waals surface area contributed by atoms with E-state index in [9.17, 15) is 14.0 Å². The van der Waals surface area contributed by atoms with E-state index < -0.39 is 5.82 Å². The standard InChI is InChI=1S/C18H15ClFN3O2/c1-11-3-2-4-13-17(11)21-10-23(18(13)25)8-7-16(24)22-12-5-6-15(20)14(19)9-12/h2-6,9-10H,7-8H2,1H3,(H,22,24). The summed E-state index contributed by atoms with van der Waals surface area (Å²) in [5.74, 6) is -0.859. The quantitative estimate of drug-likeness (QED) is 0.775. The van der Waals surface area contributed by atoms with E-state index in [2.05, 4.69) is 10.3 Å². The number of hydrogen-bond donors (Lipinski definition) is 1. The summed E-state index contributed by atoms with van der Waals surface area (Å²) < 4.78 is 14.5. The summed E-state index contributed by atoms with van der Waals surface area (Å²) in [4.78, 5) is 28.8. The predicted molar refractivity (Wildman–Crippen MR) is 95.4 cm³/mol. The van der Waals surface area contributed by atoms with Gasteiger partial charge in [-0.1, -0.05) is 23.7 Å². The molecule has 128 valence electrons. The molecular formula is C18H15ClFN3O2. The first kappa shape index (κ1) is 17.1. The Labute approximate surface area is 148 Å². The van der Waals surface area contributed by atoms with E-state index in [0.717, 1.165) is 5.56 Å². The molecule has 0 aliphatic carbocycles. The second kappa shape index (κ2) is 7.03. The molecule has 2 aromatic carbocycles. The van der Waals surface area contributed by atoms with Crippen LogP contribution in [0, 0.1) is 12.7 Å². The molecule has 0 saturated heterocycles. The summed E-state index contributed by atoms with van der Waals surface area (Å²) in [7, 11) is 0. The van der Waals surface area contributed by atoms with Crippen molar-refractivity contribution < 1.29 is 9.18 Å². The second-order valence-corrected chi connectivity index (χ2v) is 6.05. The van der Waals surface area contributed by atoms with Crippen LogP contribution in [-0.2, 0) is 11.3 Å². The average molecular weight is 360 g/mol. The van der Waals surface area contributed by atoms with Crippen molar-refractivity contribution in [3.63, 3.8) is 0 Å².